The van der Waals surface area contributed by atoms with Crippen LogP contribution < -0.4 is 5.32 Å². The third-order valence-corrected chi connectivity index (χ3v) is 3.61. The molecular weight excluding hydrogens is 290 g/mol. The van der Waals surface area contributed by atoms with Crippen LogP contribution in [0.5, 0.6) is 0 Å². The highest BCUT2D eigenvalue weighted by Crippen LogP contribution is 2.28. The van der Waals surface area contributed by atoms with Crippen LogP contribution in [0.4, 0.5) is 14.5 Å². The van der Waals surface area contributed by atoms with E-state index >= 15 is 0 Å². The van der Waals surface area contributed by atoms with Crippen LogP contribution in [-0.4, -0.2) is 31.1 Å². The van der Waals surface area contributed by atoms with Crippen LogP contribution in [0.3, 0.4) is 0 Å². The molecule has 1 aromatic carbocycles. The van der Waals surface area contributed by atoms with Crippen molar-refractivity contribution in [2.45, 2.75) is 18.9 Å². The minimum Gasteiger partial charge on any atom is -0.378 e. The van der Waals surface area contributed by atoms with E-state index in [-0.39, 0.29) is 6.04 Å². The Morgan fingerprint density at radius 2 is 2.18 bits per heavy atom. The normalized spacial score (nSPS) is 21.5. The number of likely N-dealkylation sites (tertiary alicyclic amines) is 1. The van der Waals surface area contributed by atoms with Crippen LogP contribution in [0.1, 0.15) is 12.8 Å². The minimum absolute atomic E-state index is 0.213. The van der Waals surface area contributed by atoms with E-state index in [1.54, 1.807) is 0 Å². The van der Waals surface area contributed by atoms with Crippen molar-refractivity contribution in [1.82, 2.24) is 4.90 Å². The molecule has 1 saturated heterocycles. The molecule has 0 radical (unpaired) electrons. The molecule has 0 spiro atoms. The van der Waals surface area contributed by atoms with Gasteiger partial charge in [-0.3, -0.25) is 0 Å². The number of halogens is 3. The average molecular weight is 305 g/mol. The largest absolute Gasteiger partial charge is 0.378 e. The van der Waals surface area contributed by atoms with Crippen molar-refractivity contribution >= 4 is 21.6 Å². The molecule has 1 N–H and O–H groups in total. The lowest BCUT2D eigenvalue weighted by Crippen LogP contribution is -2.40. The minimum atomic E-state index is -0.569. The third-order valence-electron chi connectivity index (χ3n) is 2.98. The maximum atomic E-state index is 13.6. The maximum Gasteiger partial charge on any atom is 0.150 e. The average Bonchev–Trinajstić information content (AvgIpc) is 2.23. The highest BCUT2D eigenvalue weighted by molar-refractivity contribution is 9.10. The molecule has 1 fully saturated rings. The summed E-state index contributed by atoms with van der Waals surface area (Å²) in [6, 6.07) is 2.39. The molecule has 17 heavy (non-hydrogen) atoms. The number of likely N-dealkylation sites (N-methyl/N-ethyl adjacent to an activating group) is 1. The number of anilines is 1. The Morgan fingerprint density at radius 3 is 2.82 bits per heavy atom. The van der Waals surface area contributed by atoms with Crippen molar-refractivity contribution in [2.24, 2.45) is 0 Å². The molecule has 0 amide bonds. The second kappa shape index (κ2) is 5.31. The summed E-state index contributed by atoms with van der Waals surface area (Å²) < 4.78 is 27.0. The fraction of sp³-hybridized carbons (Fsp3) is 0.500. The molecule has 0 saturated carbocycles. The topological polar surface area (TPSA) is 15.3 Å². The number of rotatable bonds is 2. The first-order valence-electron chi connectivity index (χ1n) is 5.66. The fourth-order valence-electron chi connectivity index (χ4n) is 2.17. The van der Waals surface area contributed by atoms with Gasteiger partial charge in [0.05, 0.1) is 5.69 Å². The van der Waals surface area contributed by atoms with Gasteiger partial charge >= 0.3 is 0 Å². The van der Waals surface area contributed by atoms with Crippen molar-refractivity contribution in [3.05, 3.63) is 28.2 Å². The summed E-state index contributed by atoms with van der Waals surface area (Å²) in [5.74, 6) is -1.12. The summed E-state index contributed by atoms with van der Waals surface area (Å²) in [4.78, 5) is 2.20. The number of benzene rings is 1. The van der Waals surface area contributed by atoms with Crippen LogP contribution in [0, 0.1) is 11.6 Å². The van der Waals surface area contributed by atoms with Crippen LogP contribution in [0.15, 0.2) is 16.6 Å². The molecular formula is C12H15BrF2N2. The van der Waals surface area contributed by atoms with E-state index in [1.165, 1.54) is 6.07 Å². The molecule has 1 aromatic rings. The van der Waals surface area contributed by atoms with E-state index in [4.69, 9.17) is 0 Å². The molecule has 2 nitrogen and oxygen atoms in total. The second-order valence-corrected chi connectivity index (χ2v) is 5.34. The highest BCUT2D eigenvalue weighted by atomic mass is 79.9. The first-order valence-corrected chi connectivity index (χ1v) is 6.45. The van der Waals surface area contributed by atoms with Gasteiger partial charge in [-0.25, -0.2) is 8.78 Å². The summed E-state index contributed by atoms with van der Waals surface area (Å²) in [5.41, 5.74) is 0.353. The number of piperidine rings is 1. The van der Waals surface area contributed by atoms with E-state index in [1.807, 2.05) is 7.05 Å². The molecule has 0 aromatic heterocycles. The van der Waals surface area contributed by atoms with Gasteiger partial charge in [0.15, 0.2) is 0 Å². The standard InChI is InChI=1S/C12H15BrF2N2/c1-17-4-2-3-9(7-17)16-12-10(13)5-8(14)6-11(12)15/h5-6,9,16H,2-4,7H2,1H3. The Morgan fingerprint density at radius 1 is 1.41 bits per heavy atom. The summed E-state index contributed by atoms with van der Waals surface area (Å²) >= 11 is 3.18. The van der Waals surface area contributed by atoms with E-state index in [0.717, 1.165) is 32.0 Å². The first-order chi connectivity index (χ1) is 8.06. The van der Waals surface area contributed by atoms with Gasteiger partial charge in [0.25, 0.3) is 0 Å². The van der Waals surface area contributed by atoms with E-state index in [9.17, 15) is 8.78 Å². The monoisotopic (exact) mass is 304 g/mol. The van der Waals surface area contributed by atoms with Gasteiger partial charge in [0, 0.05) is 23.1 Å². The summed E-state index contributed by atoms with van der Waals surface area (Å²) in [6.07, 6.45) is 2.10. The zero-order valence-corrected chi connectivity index (χ0v) is 11.2. The smallest absolute Gasteiger partial charge is 0.150 e. The van der Waals surface area contributed by atoms with Gasteiger partial charge in [-0.05, 0) is 48.4 Å². The fourth-order valence-corrected chi connectivity index (χ4v) is 2.69. The van der Waals surface area contributed by atoms with Crippen molar-refractivity contribution in [2.75, 3.05) is 25.5 Å². The molecule has 1 aliphatic rings. The Hall–Kier alpha value is -0.680. The molecule has 0 bridgehead atoms. The van der Waals surface area contributed by atoms with Crippen LogP contribution in [-0.2, 0) is 0 Å². The number of hydrogen-bond acceptors (Lipinski definition) is 2. The summed E-state index contributed by atoms with van der Waals surface area (Å²) in [7, 11) is 2.05. The van der Waals surface area contributed by atoms with E-state index in [0.29, 0.717) is 10.2 Å². The molecule has 5 heteroatoms. The van der Waals surface area contributed by atoms with Gasteiger partial charge in [0.2, 0.25) is 0 Å². The van der Waals surface area contributed by atoms with E-state index in [2.05, 4.69) is 26.1 Å². The van der Waals surface area contributed by atoms with Crippen LogP contribution in [0.2, 0.25) is 0 Å². The van der Waals surface area contributed by atoms with Crippen molar-refractivity contribution < 1.29 is 8.78 Å². The Labute approximate surface area is 108 Å². The first kappa shape index (κ1) is 12.8. The molecule has 1 heterocycles. The Bertz CT molecular complexity index is 388. The lowest BCUT2D eigenvalue weighted by atomic mass is 10.1. The quantitative estimate of drug-likeness (QED) is 0.902. The Balaban J connectivity index is 2.12. The van der Waals surface area contributed by atoms with Crippen LogP contribution >= 0.6 is 15.9 Å². The molecule has 1 unspecified atom stereocenters. The number of hydrogen-bond donors (Lipinski definition) is 1. The van der Waals surface area contributed by atoms with Crippen LogP contribution in [0.25, 0.3) is 0 Å². The highest BCUT2D eigenvalue weighted by Gasteiger charge is 2.19. The van der Waals surface area contributed by atoms with Gasteiger partial charge in [-0.2, -0.15) is 0 Å². The third kappa shape index (κ3) is 3.16. The van der Waals surface area contributed by atoms with Gasteiger partial charge in [-0.1, -0.05) is 0 Å². The van der Waals surface area contributed by atoms with E-state index < -0.39 is 11.6 Å². The summed E-state index contributed by atoms with van der Waals surface area (Å²) in [5, 5.41) is 3.14. The van der Waals surface area contributed by atoms with Gasteiger partial charge in [0.1, 0.15) is 11.6 Å². The molecule has 1 aliphatic heterocycles. The molecule has 1 atom stereocenters. The van der Waals surface area contributed by atoms with Gasteiger partial charge < -0.3 is 10.2 Å². The lowest BCUT2D eigenvalue weighted by Gasteiger charge is -2.31. The molecule has 2 rings (SSSR count). The van der Waals surface area contributed by atoms with Crippen molar-refractivity contribution in [3.8, 4) is 0 Å². The predicted molar refractivity (Wildman–Crippen MR) is 68.2 cm³/mol. The maximum absolute atomic E-state index is 13.6. The number of nitrogens with zero attached hydrogens (tertiary/aromatic N) is 1. The predicted octanol–water partition coefficient (Wildman–Crippen LogP) is 3.23. The van der Waals surface area contributed by atoms with Crippen molar-refractivity contribution in [3.63, 3.8) is 0 Å². The van der Waals surface area contributed by atoms with Gasteiger partial charge in [-0.15, -0.1) is 0 Å². The number of nitrogens with one attached hydrogen (secondary N) is 1. The van der Waals surface area contributed by atoms with Crippen molar-refractivity contribution in [1.29, 1.82) is 0 Å². The SMILES string of the molecule is CN1CCCC(Nc2c(F)cc(F)cc2Br)C1. The Kier molecular flexibility index (Phi) is 3.99. The summed E-state index contributed by atoms with van der Waals surface area (Å²) in [6.45, 7) is 1.95. The molecule has 0 aliphatic carbocycles. The zero-order valence-electron chi connectivity index (χ0n) is 9.64. The zero-order chi connectivity index (χ0) is 12.4. The second-order valence-electron chi connectivity index (χ2n) is 4.49. The lowest BCUT2D eigenvalue weighted by molar-refractivity contribution is 0.260. The molecule has 94 valence electrons.